The van der Waals surface area contributed by atoms with E-state index in [0.717, 1.165) is 19.1 Å². The highest BCUT2D eigenvalue weighted by Crippen LogP contribution is 2.40. The van der Waals surface area contributed by atoms with Crippen LogP contribution in [-0.2, 0) is 28.9 Å². The van der Waals surface area contributed by atoms with Gasteiger partial charge in [-0.3, -0.25) is 4.79 Å². The lowest BCUT2D eigenvalue weighted by atomic mass is 9.76. The van der Waals surface area contributed by atoms with Crippen LogP contribution in [-0.4, -0.2) is 5.91 Å². The molecule has 1 atom stereocenters. The predicted octanol–water partition coefficient (Wildman–Crippen LogP) is 7.47. The number of halogens is 5. The third kappa shape index (κ3) is 6.08. The second-order valence-corrected chi connectivity index (χ2v) is 9.82. The Labute approximate surface area is 202 Å². The van der Waals surface area contributed by atoms with Crippen molar-refractivity contribution in [3.8, 4) is 0 Å². The van der Waals surface area contributed by atoms with Crippen LogP contribution in [0.5, 0.6) is 0 Å². The van der Waals surface area contributed by atoms with E-state index in [-0.39, 0.29) is 23.1 Å². The number of rotatable bonds is 6. The molecule has 2 nitrogen and oxygen atoms in total. The normalized spacial score (nSPS) is 14.3. The first-order chi connectivity index (χ1) is 16.1. The quantitative estimate of drug-likeness (QED) is 0.358. The monoisotopic (exact) mass is 489 g/mol. The van der Waals surface area contributed by atoms with Crippen molar-refractivity contribution in [2.75, 3.05) is 0 Å². The molecule has 1 N–H and O–H groups in total. The summed E-state index contributed by atoms with van der Waals surface area (Å²) < 4.78 is 69.6. The number of alkyl halides is 5. The molecule has 0 heterocycles. The zero-order valence-electron chi connectivity index (χ0n) is 20.0. The molecule has 1 amide bonds. The van der Waals surface area contributed by atoms with E-state index in [2.05, 4.69) is 5.32 Å². The molecular formula is C28H28F5NO. The lowest BCUT2D eigenvalue weighted by Crippen LogP contribution is -2.52. The Morgan fingerprint density at radius 1 is 0.686 bits per heavy atom. The van der Waals surface area contributed by atoms with Crippen LogP contribution in [0.1, 0.15) is 55.5 Å². The minimum atomic E-state index is -4.62. The fraction of sp³-hybridized carbons (Fsp3) is 0.321. The van der Waals surface area contributed by atoms with Crippen LogP contribution in [0.25, 0.3) is 0 Å². The Hall–Kier alpha value is -3.22. The smallest absolute Gasteiger partial charge is 0.342 e. The van der Waals surface area contributed by atoms with Gasteiger partial charge in [0.25, 0.3) is 5.92 Å². The molecule has 3 aromatic rings. The molecule has 0 saturated carbocycles. The summed E-state index contributed by atoms with van der Waals surface area (Å²) in [6.45, 7) is 5.79. The SMILES string of the molecule is CC(C)(C)C(=O)NC(Cc1ccccc1)(c1cccc(C(C)(F)F)c1)c1cccc(C(F)(F)F)c1. The topological polar surface area (TPSA) is 29.1 Å². The van der Waals surface area contributed by atoms with Crippen LogP contribution in [0.3, 0.4) is 0 Å². The Morgan fingerprint density at radius 3 is 1.66 bits per heavy atom. The van der Waals surface area contributed by atoms with Gasteiger partial charge in [0.2, 0.25) is 5.91 Å². The molecule has 0 spiro atoms. The van der Waals surface area contributed by atoms with Crippen LogP contribution in [0, 0.1) is 5.41 Å². The largest absolute Gasteiger partial charge is 0.416 e. The first kappa shape index (κ1) is 26.4. The van der Waals surface area contributed by atoms with Gasteiger partial charge in [0, 0.05) is 24.3 Å². The molecular weight excluding hydrogens is 461 g/mol. The van der Waals surface area contributed by atoms with Crippen molar-refractivity contribution in [2.45, 2.75) is 51.8 Å². The van der Waals surface area contributed by atoms with E-state index >= 15 is 0 Å². The van der Waals surface area contributed by atoms with Gasteiger partial charge < -0.3 is 5.32 Å². The van der Waals surface area contributed by atoms with E-state index in [1.54, 1.807) is 57.2 Å². The molecule has 3 rings (SSSR count). The van der Waals surface area contributed by atoms with Gasteiger partial charge in [-0.1, -0.05) is 81.4 Å². The van der Waals surface area contributed by atoms with Gasteiger partial charge >= 0.3 is 6.18 Å². The molecule has 0 saturated heterocycles. The fourth-order valence-electron chi connectivity index (χ4n) is 3.86. The van der Waals surface area contributed by atoms with Crippen molar-refractivity contribution in [2.24, 2.45) is 5.41 Å². The van der Waals surface area contributed by atoms with Crippen molar-refractivity contribution in [3.63, 3.8) is 0 Å². The van der Waals surface area contributed by atoms with Crippen molar-refractivity contribution in [3.05, 3.63) is 107 Å². The zero-order valence-corrected chi connectivity index (χ0v) is 20.0. The zero-order chi connectivity index (χ0) is 26.1. The standard InChI is InChI=1S/C28H28F5NO/c1-25(2,3)24(35)34-27(18-19-10-6-5-7-11-19,21-13-8-12-20(16-21)26(4,29)30)22-14-9-15-23(17-22)28(31,32)33/h5-17H,18H2,1-4H3,(H,34,35). The van der Waals surface area contributed by atoms with Gasteiger partial charge in [-0.05, 0) is 34.9 Å². The van der Waals surface area contributed by atoms with Gasteiger partial charge in [-0.15, -0.1) is 0 Å². The summed E-state index contributed by atoms with van der Waals surface area (Å²) >= 11 is 0. The van der Waals surface area contributed by atoms with E-state index in [9.17, 15) is 26.7 Å². The van der Waals surface area contributed by atoms with E-state index in [1.807, 2.05) is 0 Å². The van der Waals surface area contributed by atoms with Crippen molar-refractivity contribution >= 4 is 5.91 Å². The van der Waals surface area contributed by atoms with Crippen molar-refractivity contribution in [1.29, 1.82) is 0 Å². The molecule has 1 unspecified atom stereocenters. The minimum Gasteiger partial charge on any atom is -0.342 e. The van der Waals surface area contributed by atoms with Crippen molar-refractivity contribution in [1.82, 2.24) is 5.32 Å². The maximum Gasteiger partial charge on any atom is 0.416 e. The number of carbonyl (C=O) groups excluding carboxylic acids is 1. The molecule has 0 fully saturated rings. The molecule has 0 aliphatic heterocycles. The maximum absolute atomic E-state index is 14.3. The molecule has 0 aliphatic rings. The lowest BCUT2D eigenvalue weighted by molar-refractivity contribution is -0.137. The van der Waals surface area contributed by atoms with Crippen LogP contribution < -0.4 is 5.32 Å². The van der Waals surface area contributed by atoms with Crippen LogP contribution in [0.4, 0.5) is 22.0 Å². The Balaban J connectivity index is 2.36. The van der Waals surface area contributed by atoms with E-state index in [0.29, 0.717) is 5.56 Å². The number of hydrogen-bond donors (Lipinski definition) is 1. The molecule has 35 heavy (non-hydrogen) atoms. The fourth-order valence-corrected chi connectivity index (χ4v) is 3.86. The summed E-state index contributed by atoms with van der Waals surface area (Å²) in [4.78, 5) is 13.3. The van der Waals surface area contributed by atoms with Gasteiger partial charge in [-0.25, -0.2) is 8.78 Å². The third-order valence-corrected chi connectivity index (χ3v) is 5.87. The Morgan fingerprint density at radius 2 is 1.17 bits per heavy atom. The average Bonchev–Trinajstić information content (AvgIpc) is 2.77. The highest BCUT2D eigenvalue weighted by Gasteiger charge is 2.41. The lowest BCUT2D eigenvalue weighted by Gasteiger charge is -2.39. The Bertz CT molecular complexity index is 1120. The highest BCUT2D eigenvalue weighted by molar-refractivity contribution is 5.83. The predicted molar refractivity (Wildman–Crippen MR) is 126 cm³/mol. The number of amides is 1. The average molecular weight is 490 g/mol. The molecule has 186 valence electrons. The van der Waals surface area contributed by atoms with Gasteiger partial charge in [-0.2, -0.15) is 13.2 Å². The number of benzene rings is 3. The van der Waals surface area contributed by atoms with Crippen LogP contribution in [0.15, 0.2) is 78.9 Å². The first-order valence-corrected chi connectivity index (χ1v) is 11.2. The number of hydrogen-bond acceptors (Lipinski definition) is 1. The minimum absolute atomic E-state index is 0.0513. The second-order valence-electron chi connectivity index (χ2n) is 9.82. The van der Waals surface area contributed by atoms with Crippen LogP contribution >= 0.6 is 0 Å². The van der Waals surface area contributed by atoms with Crippen LogP contribution in [0.2, 0.25) is 0 Å². The Kier molecular flexibility index (Phi) is 7.12. The van der Waals surface area contributed by atoms with Crippen molar-refractivity contribution < 1.29 is 26.7 Å². The number of carbonyl (C=O) groups is 1. The van der Waals surface area contributed by atoms with Gasteiger partial charge in [0.15, 0.2) is 0 Å². The molecule has 3 aromatic carbocycles. The first-order valence-electron chi connectivity index (χ1n) is 11.2. The van der Waals surface area contributed by atoms with E-state index in [1.165, 1.54) is 30.3 Å². The summed E-state index contributed by atoms with van der Waals surface area (Å²) in [5.41, 5.74) is -2.52. The summed E-state index contributed by atoms with van der Waals surface area (Å²) in [5.74, 6) is -3.62. The second kappa shape index (κ2) is 9.44. The highest BCUT2D eigenvalue weighted by atomic mass is 19.4. The van der Waals surface area contributed by atoms with Gasteiger partial charge in [0.05, 0.1) is 11.1 Å². The number of nitrogens with one attached hydrogen (secondary N) is 1. The van der Waals surface area contributed by atoms with Gasteiger partial charge in [0.1, 0.15) is 0 Å². The molecule has 0 aliphatic carbocycles. The summed E-state index contributed by atoms with van der Waals surface area (Å²) in [6.07, 6.45) is -4.57. The summed E-state index contributed by atoms with van der Waals surface area (Å²) in [7, 11) is 0. The van der Waals surface area contributed by atoms with E-state index in [4.69, 9.17) is 0 Å². The molecule has 0 radical (unpaired) electrons. The molecule has 0 bridgehead atoms. The summed E-state index contributed by atoms with van der Waals surface area (Å²) in [6, 6.07) is 19.1. The summed E-state index contributed by atoms with van der Waals surface area (Å²) in [5, 5.41) is 2.96. The van der Waals surface area contributed by atoms with E-state index < -0.39 is 34.5 Å². The molecule has 0 aromatic heterocycles. The molecule has 7 heteroatoms. The third-order valence-electron chi connectivity index (χ3n) is 5.87. The maximum atomic E-state index is 14.3.